The maximum Gasteiger partial charge on any atom is 0.249 e. The van der Waals surface area contributed by atoms with Gasteiger partial charge in [0.25, 0.3) is 0 Å². The maximum absolute atomic E-state index is 12.2. The second-order valence-corrected chi connectivity index (χ2v) is 8.83. The summed E-state index contributed by atoms with van der Waals surface area (Å²) < 4.78 is 2.16. The van der Waals surface area contributed by atoms with Gasteiger partial charge >= 0.3 is 0 Å². The van der Waals surface area contributed by atoms with E-state index in [9.17, 15) is 4.79 Å². The van der Waals surface area contributed by atoms with Crippen molar-refractivity contribution in [2.24, 2.45) is 5.73 Å². The Morgan fingerprint density at radius 2 is 1.66 bits per heavy atom. The fourth-order valence-corrected chi connectivity index (χ4v) is 4.73. The number of amides is 1. The summed E-state index contributed by atoms with van der Waals surface area (Å²) in [5.74, 6) is -0.473. The summed E-state index contributed by atoms with van der Waals surface area (Å²) in [6.07, 6.45) is 0. The number of rotatable bonds is 4. The monoisotopic (exact) mass is 477 g/mol. The largest absolute Gasteiger partial charge is 0.366 e. The van der Waals surface area contributed by atoms with E-state index in [2.05, 4.69) is 16.7 Å². The summed E-state index contributed by atoms with van der Waals surface area (Å²) in [7, 11) is 0. The van der Waals surface area contributed by atoms with Crippen LogP contribution in [-0.2, 0) is 6.54 Å². The van der Waals surface area contributed by atoms with E-state index >= 15 is 0 Å². The van der Waals surface area contributed by atoms with E-state index in [0.29, 0.717) is 27.2 Å². The number of nitrogens with two attached hydrogens (primary N) is 1. The van der Waals surface area contributed by atoms with Gasteiger partial charge in [-0.05, 0) is 65.7 Å². The van der Waals surface area contributed by atoms with Gasteiger partial charge in [-0.3, -0.25) is 4.79 Å². The normalized spacial score (nSPS) is 11.3. The Hall–Kier alpha value is -2.98. The van der Waals surface area contributed by atoms with Crippen molar-refractivity contribution >= 4 is 62.5 Å². The lowest BCUT2D eigenvalue weighted by Crippen LogP contribution is -2.11. The third-order valence-electron chi connectivity index (χ3n) is 5.56. The molecule has 3 nitrogen and oxygen atoms in total. The second-order valence-electron chi connectivity index (χ2n) is 7.55. The maximum atomic E-state index is 12.2. The molecule has 1 heterocycles. The zero-order valence-electron chi connectivity index (χ0n) is 16.7. The van der Waals surface area contributed by atoms with Gasteiger partial charge in [0.15, 0.2) is 0 Å². The standard InChI is InChI=1S/C26H16Cl3N2O/c27-17-7-4-15(5-8-17)14-31-23-3-1-2-21(26(30)32)25(23)20-10-6-16(12-24(20)31)19-11-9-18(28)13-22(19)29/h1-9,11-13H,14H2,(H2,30,32). The first-order chi connectivity index (χ1) is 15.4. The molecular weight excluding hydrogens is 463 g/mol. The number of nitrogens with zero attached hydrogens (tertiary/aromatic N) is 1. The number of benzene rings is 4. The number of carbonyl (C=O) groups is 1. The smallest absolute Gasteiger partial charge is 0.249 e. The number of hydrogen-bond acceptors (Lipinski definition) is 1. The Morgan fingerprint density at radius 1 is 0.906 bits per heavy atom. The van der Waals surface area contributed by atoms with Gasteiger partial charge in [-0.1, -0.05) is 59.1 Å². The van der Waals surface area contributed by atoms with E-state index in [0.717, 1.165) is 38.5 Å². The van der Waals surface area contributed by atoms with Crippen molar-refractivity contribution in [3.63, 3.8) is 0 Å². The molecule has 0 spiro atoms. The molecule has 0 fully saturated rings. The van der Waals surface area contributed by atoms with E-state index in [1.165, 1.54) is 0 Å². The van der Waals surface area contributed by atoms with Crippen LogP contribution in [0.5, 0.6) is 0 Å². The average Bonchev–Trinajstić information content (AvgIpc) is 3.08. The molecule has 0 aliphatic rings. The molecule has 5 aromatic rings. The number of carbonyl (C=O) groups excluding carboxylic acids is 1. The fraction of sp³-hybridized carbons (Fsp3) is 0.0385. The van der Waals surface area contributed by atoms with Gasteiger partial charge in [0.2, 0.25) is 5.91 Å². The van der Waals surface area contributed by atoms with Crippen molar-refractivity contribution in [3.8, 4) is 11.1 Å². The summed E-state index contributed by atoms with van der Waals surface area (Å²) in [5, 5.41) is 3.44. The fourth-order valence-electron chi connectivity index (χ4n) is 4.08. The van der Waals surface area contributed by atoms with Crippen molar-refractivity contribution in [1.82, 2.24) is 4.57 Å². The molecule has 32 heavy (non-hydrogen) atoms. The van der Waals surface area contributed by atoms with Crippen LogP contribution in [-0.4, -0.2) is 10.5 Å². The molecule has 0 unspecified atom stereocenters. The number of primary amides is 1. The molecule has 0 aliphatic heterocycles. The Morgan fingerprint density at radius 3 is 2.38 bits per heavy atom. The minimum atomic E-state index is -0.473. The van der Waals surface area contributed by atoms with Gasteiger partial charge in [-0.25, -0.2) is 0 Å². The highest BCUT2D eigenvalue weighted by Gasteiger charge is 2.18. The first-order valence-corrected chi connectivity index (χ1v) is 11.0. The number of hydrogen-bond donors (Lipinski definition) is 1. The van der Waals surface area contributed by atoms with Crippen molar-refractivity contribution in [1.29, 1.82) is 0 Å². The molecule has 5 rings (SSSR count). The van der Waals surface area contributed by atoms with Crippen LogP contribution in [0.15, 0.2) is 72.8 Å². The number of halogens is 3. The summed E-state index contributed by atoms with van der Waals surface area (Å²) in [4.78, 5) is 12.2. The Balaban J connectivity index is 1.80. The molecule has 0 aliphatic carbocycles. The third-order valence-corrected chi connectivity index (χ3v) is 6.36. The third kappa shape index (κ3) is 3.63. The average molecular weight is 479 g/mol. The first kappa shape index (κ1) is 20.9. The summed E-state index contributed by atoms with van der Waals surface area (Å²) in [6, 6.07) is 26.0. The molecule has 4 aromatic carbocycles. The van der Waals surface area contributed by atoms with Crippen LogP contribution in [0.3, 0.4) is 0 Å². The molecule has 0 atom stereocenters. The van der Waals surface area contributed by atoms with Crippen LogP contribution >= 0.6 is 34.8 Å². The van der Waals surface area contributed by atoms with Crippen LogP contribution in [0.25, 0.3) is 32.9 Å². The van der Waals surface area contributed by atoms with Crippen molar-refractivity contribution in [2.75, 3.05) is 0 Å². The first-order valence-electron chi connectivity index (χ1n) is 9.88. The Kier molecular flexibility index (Phi) is 5.34. The van der Waals surface area contributed by atoms with Crippen molar-refractivity contribution in [3.05, 3.63) is 105 Å². The lowest BCUT2D eigenvalue weighted by atomic mass is 10.0. The highest BCUT2D eigenvalue weighted by molar-refractivity contribution is 6.36. The summed E-state index contributed by atoms with van der Waals surface area (Å²) in [6.45, 7) is 0.588. The second kappa shape index (κ2) is 8.18. The van der Waals surface area contributed by atoms with Gasteiger partial charge in [0, 0.05) is 43.5 Å². The molecular formula is C26H16Cl3N2O. The minimum absolute atomic E-state index is 0.468. The van der Waals surface area contributed by atoms with Crippen LogP contribution in [0, 0.1) is 6.07 Å². The SMILES string of the molecule is NC(=O)c1cccc2c1c1[c]cc(-c3ccc(Cl)cc3Cl)cc1n2Cc1ccc(Cl)cc1. The highest BCUT2D eigenvalue weighted by atomic mass is 35.5. The molecule has 1 amide bonds. The Labute approximate surface area is 199 Å². The predicted octanol–water partition coefficient (Wildman–Crippen LogP) is 7.37. The van der Waals surface area contributed by atoms with E-state index < -0.39 is 5.91 Å². The van der Waals surface area contributed by atoms with E-state index in [1.54, 1.807) is 18.2 Å². The molecule has 0 saturated carbocycles. The van der Waals surface area contributed by atoms with Gasteiger partial charge in [0.1, 0.15) is 0 Å². The highest BCUT2D eigenvalue weighted by Crippen LogP contribution is 2.37. The molecule has 157 valence electrons. The van der Waals surface area contributed by atoms with Gasteiger partial charge < -0.3 is 10.3 Å². The minimum Gasteiger partial charge on any atom is -0.366 e. The van der Waals surface area contributed by atoms with Crippen LogP contribution in [0.2, 0.25) is 15.1 Å². The molecule has 6 heteroatoms. The lowest BCUT2D eigenvalue weighted by molar-refractivity contribution is 0.100. The van der Waals surface area contributed by atoms with Gasteiger partial charge in [-0.15, -0.1) is 0 Å². The van der Waals surface area contributed by atoms with Crippen LogP contribution in [0.4, 0.5) is 0 Å². The van der Waals surface area contributed by atoms with Gasteiger partial charge in [-0.2, -0.15) is 0 Å². The summed E-state index contributed by atoms with van der Waals surface area (Å²) >= 11 is 18.6. The Bertz CT molecular complexity index is 1500. The zero-order chi connectivity index (χ0) is 22.4. The predicted molar refractivity (Wildman–Crippen MR) is 133 cm³/mol. The molecule has 0 saturated heterocycles. The quantitative estimate of drug-likeness (QED) is 0.288. The number of aromatic nitrogens is 1. The molecule has 0 bridgehead atoms. The van der Waals surface area contributed by atoms with E-state index in [4.69, 9.17) is 40.5 Å². The van der Waals surface area contributed by atoms with Gasteiger partial charge in [0.05, 0.1) is 11.0 Å². The van der Waals surface area contributed by atoms with Crippen LogP contribution < -0.4 is 5.73 Å². The zero-order valence-corrected chi connectivity index (χ0v) is 19.0. The lowest BCUT2D eigenvalue weighted by Gasteiger charge is -2.10. The topological polar surface area (TPSA) is 48.0 Å². The molecule has 1 radical (unpaired) electrons. The molecule has 2 N–H and O–H groups in total. The van der Waals surface area contributed by atoms with Crippen LogP contribution in [0.1, 0.15) is 15.9 Å². The van der Waals surface area contributed by atoms with Crippen molar-refractivity contribution < 1.29 is 4.79 Å². The number of fused-ring (bicyclic) bond motifs is 3. The van der Waals surface area contributed by atoms with E-state index in [1.807, 2.05) is 48.5 Å². The van der Waals surface area contributed by atoms with E-state index in [-0.39, 0.29) is 0 Å². The summed E-state index contributed by atoms with van der Waals surface area (Å²) in [5.41, 5.74) is 10.8. The van der Waals surface area contributed by atoms with Crippen molar-refractivity contribution in [2.45, 2.75) is 6.54 Å². The molecule has 1 aromatic heterocycles.